The van der Waals surface area contributed by atoms with E-state index in [1.165, 1.54) is 12.1 Å². The summed E-state index contributed by atoms with van der Waals surface area (Å²) in [6, 6.07) is 21.1. The van der Waals surface area contributed by atoms with Gasteiger partial charge in [0, 0.05) is 29.6 Å². The molecule has 0 saturated heterocycles. The lowest BCUT2D eigenvalue weighted by atomic mass is 10.0. The van der Waals surface area contributed by atoms with Gasteiger partial charge in [-0.05, 0) is 54.8 Å². The first-order valence-corrected chi connectivity index (χ1v) is 13.0. The molecule has 0 aliphatic heterocycles. The zero-order chi connectivity index (χ0) is 27.6. The molecule has 0 aliphatic carbocycles. The second kappa shape index (κ2) is 13.5. The molecule has 9 nitrogen and oxygen atoms in total. The van der Waals surface area contributed by atoms with Crippen molar-refractivity contribution >= 4 is 22.7 Å². The molecule has 1 aromatic heterocycles. The number of aromatic nitrogens is 1. The molecule has 0 saturated carbocycles. The number of hydrogen-bond acceptors (Lipinski definition) is 6. The number of aromatic amines is 1. The van der Waals surface area contributed by atoms with Gasteiger partial charge in [-0.15, -0.1) is 0 Å². The fraction of sp³-hybridized carbons (Fsp3) is 0.267. The fourth-order valence-corrected chi connectivity index (χ4v) is 4.50. The van der Waals surface area contributed by atoms with Gasteiger partial charge in [0.25, 0.3) is 0 Å². The van der Waals surface area contributed by atoms with Crippen LogP contribution in [0.1, 0.15) is 37.4 Å². The zero-order valence-electron chi connectivity index (χ0n) is 21.5. The van der Waals surface area contributed by atoms with Gasteiger partial charge in [-0.3, -0.25) is 10.1 Å². The molecule has 1 heterocycles. The molecule has 1 atom stereocenters. The first kappa shape index (κ1) is 27.7. The molecule has 0 radical (unpaired) electrons. The molecular formula is C30H33N3O6. The first-order chi connectivity index (χ1) is 18.9. The molecule has 9 heteroatoms. The number of pyridine rings is 1. The van der Waals surface area contributed by atoms with E-state index in [4.69, 9.17) is 4.74 Å². The van der Waals surface area contributed by atoms with E-state index in [-0.39, 0.29) is 11.3 Å². The van der Waals surface area contributed by atoms with Crippen molar-refractivity contribution in [2.45, 2.75) is 31.8 Å². The number of nitrogens with one attached hydrogen (secondary N) is 3. The predicted octanol–water partition coefficient (Wildman–Crippen LogP) is 5.25. The van der Waals surface area contributed by atoms with Crippen LogP contribution >= 0.6 is 0 Å². The summed E-state index contributed by atoms with van der Waals surface area (Å²) in [5, 5.41) is 36.2. The lowest BCUT2D eigenvalue weighted by Gasteiger charge is -2.15. The topological polar surface area (TPSA) is 144 Å². The summed E-state index contributed by atoms with van der Waals surface area (Å²) in [5.74, 6) is 0.581. The maximum absolute atomic E-state index is 11.6. The van der Waals surface area contributed by atoms with E-state index in [0.717, 1.165) is 43.4 Å². The number of ether oxygens (including phenoxy) is 1. The predicted molar refractivity (Wildman–Crippen MR) is 152 cm³/mol. The number of benzene rings is 3. The Balaban J connectivity index is 1.16. The van der Waals surface area contributed by atoms with Crippen molar-refractivity contribution in [3.05, 3.63) is 88.7 Å². The van der Waals surface area contributed by atoms with Crippen molar-refractivity contribution < 1.29 is 24.9 Å². The highest BCUT2D eigenvalue weighted by molar-refractivity contribution is 5.91. The maximum Gasteiger partial charge on any atom is 0.409 e. The van der Waals surface area contributed by atoms with Crippen LogP contribution in [0.15, 0.2) is 77.6 Å². The molecule has 0 spiro atoms. The van der Waals surface area contributed by atoms with E-state index in [0.29, 0.717) is 41.1 Å². The van der Waals surface area contributed by atoms with Gasteiger partial charge in [-0.2, -0.15) is 0 Å². The van der Waals surface area contributed by atoms with Crippen LogP contribution in [-0.2, 0) is 0 Å². The third-order valence-electron chi connectivity index (χ3n) is 6.44. The van der Waals surface area contributed by atoms with Crippen molar-refractivity contribution in [3.63, 3.8) is 0 Å². The smallest absolute Gasteiger partial charge is 0.409 e. The molecule has 0 bridgehead atoms. The average molecular weight is 532 g/mol. The molecule has 0 aliphatic rings. The van der Waals surface area contributed by atoms with Crippen LogP contribution in [0, 0.1) is 0 Å². The number of fused-ring (bicyclic) bond motifs is 1. The maximum atomic E-state index is 11.6. The van der Waals surface area contributed by atoms with Crippen molar-refractivity contribution in [1.82, 2.24) is 10.3 Å². The van der Waals surface area contributed by atoms with Crippen LogP contribution in [0.2, 0.25) is 0 Å². The molecule has 3 aromatic carbocycles. The number of carbonyl (C=O) groups is 1. The quantitative estimate of drug-likeness (QED) is 0.129. The molecule has 4 rings (SSSR count). The molecular weight excluding hydrogens is 498 g/mol. The minimum Gasteiger partial charge on any atom is -0.506 e. The Morgan fingerprint density at radius 2 is 1.74 bits per heavy atom. The summed E-state index contributed by atoms with van der Waals surface area (Å²) < 4.78 is 5.86. The first-order valence-electron chi connectivity index (χ1n) is 13.0. The van der Waals surface area contributed by atoms with Gasteiger partial charge in [0.1, 0.15) is 11.5 Å². The van der Waals surface area contributed by atoms with Crippen LogP contribution < -0.4 is 20.9 Å². The van der Waals surface area contributed by atoms with Gasteiger partial charge in [-0.25, -0.2) is 4.79 Å². The Morgan fingerprint density at radius 1 is 0.949 bits per heavy atom. The lowest BCUT2D eigenvalue weighted by molar-refractivity contribution is 0.176. The number of aliphatic hydroxyl groups excluding tert-OH is 1. The Morgan fingerprint density at radius 3 is 2.54 bits per heavy atom. The number of H-pyrrole nitrogens is 1. The number of phenols is 1. The van der Waals surface area contributed by atoms with Crippen LogP contribution in [0.5, 0.6) is 11.5 Å². The lowest BCUT2D eigenvalue weighted by Crippen LogP contribution is -2.22. The molecule has 1 amide bonds. The number of anilines is 1. The van der Waals surface area contributed by atoms with Crippen LogP contribution in [-0.4, -0.2) is 46.1 Å². The third kappa shape index (κ3) is 7.59. The minimum atomic E-state index is -1.13. The minimum absolute atomic E-state index is 0.0304. The Bertz CT molecular complexity index is 1450. The van der Waals surface area contributed by atoms with Gasteiger partial charge in [-0.1, -0.05) is 49.2 Å². The van der Waals surface area contributed by atoms with E-state index in [1.54, 1.807) is 18.2 Å². The second-order valence-corrected chi connectivity index (χ2v) is 9.27. The van der Waals surface area contributed by atoms with Gasteiger partial charge >= 0.3 is 6.09 Å². The van der Waals surface area contributed by atoms with Crippen LogP contribution in [0.25, 0.3) is 22.0 Å². The number of amides is 1. The van der Waals surface area contributed by atoms with Crippen LogP contribution in [0.3, 0.4) is 0 Å². The van der Waals surface area contributed by atoms with Gasteiger partial charge in [0.05, 0.1) is 23.9 Å². The van der Waals surface area contributed by atoms with Crippen LogP contribution in [0.4, 0.5) is 10.5 Å². The van der Waals surface area contributed by atoms with Gasteiger partial charge in [0.2, 0.25) is 5.56 Å². The molecule has 0 fully saturated rings. The number of aliphatic hydroxyl groups is 1. The number of phenolic OH excluding ortho intramolecular Hbond substituents is 1. The highest BCUT2D eigenvalue weighted by atomic mass is 16.5. The molecule has 0 unspecified atom stereocenters. The van der Waals surface area contributed by atoms with Crippen molar-refractivity contribution in [2.75, 3.05) is 25.0 Å². The highest BCUT2D eigenvalue weighted by Crippen LogP contribution is 2.32. The molecule has 39 heavy (non-hydrogen) atoms. The van der Waals surface area contributed by atoms with E-state index < -0.39 is 12.2 Å². The van der Waals surface area contributed by atoms with E-state index in [1.807, 2.05) is 42.5 Å². The summed E-state index contributed by atoms with van der Waals surface area (Å²) in [7, 11) is 0. The summed E-state index contributed by atoms with van der Waals surface area (Å²) >= 11 is 0. The standard InChI is InChI=1S/C30H33N3O6/c34-26-14-12-23(24-13-15-28(36)33-29(24)26)27(35)19-31-16-6-1-2-7-17-39-21-10-11-22(20-8-4-3-5-9-20)25(18-21)32-30(37)38/h3-5,8-15,18,27,31-32,34-35H,1-2,6-7,16-17,19H2,(H,33,36)(H,37,38)/t27-/m0/s1. The van der Waals surface area contributed by atoms with E-state index in [2.05, 4.69) is 15.6 Å². The highest BCUT2D eigenvalue weighted by Gasteiger charge is 2.14. The number of unbranched alkanes of at least 4 members (excludes halogenated alkanes) is 3. The van der Waals surface area contributed by atoms with Crippen molar-refractivity contribution in [3.8, 4) is 22.6 Å². The fourth-order valence-electron chi connectivity index (χ4n) is 4.50. The van der Waals surface area contributed by atoms with Crippen molar-refractivity contribution in [1.29, 1.82) is 0 Å². The Labute approximate surface area is 226 Å². The Hall–Kier alpha value is -4.34. The summed E-state index contributed by atoms with van der Waals surface area (Å²) in [6.07, 6.45) is 1.87. The summed E-state index contributed by atoms with van der Waals surface area (Å²) in [6.45, 7) is 1.63. The SMILES string of the molecule is O=C(O)Nc1cc(OCCCCCCNC[C@H](O)c2ccc(O)c3[nH]c(=O)ccc23)ccc1-c1ccccc1. The number of rotatable bonds is 13. The van der Waals surface area contributed by atoms with Gasteiger partial charge in [0.15, 0.2) is 0 Å². The normalized spacial score (nSPS) is 11.8. The largest absolute Gasteiger partial charge is 0.506 e. The average Bonchev–Trinajstić information content (AvgIpc) is 2.93. The number of carboxylic acid groups (broad SMARTS) is 1. The zero-order valence-corrected chi connectivity index (χ0v) is 21.5. The Kier molecular flexibility index (Phi) is 9.55. The molecule has 6 N–H and O–H groups in total. The van der Waals surface area contributed by atoms with E-state index >= 15 is 0 Å². The van der Waals surface area contributed by atoms with Crippen molar-refractivity contribution in [2.24, 2.45) is 0 Å². The summed E-state index contributed by atoms with van der Waals surface area (Å²) in [4.78, 5) is 25.4. The monoisotopic (exact) mass is 531 g/mol. The molecule has 4 aromatic rings. The third-order valence-corrected chi connectivity index (χ3v) is 6.44. The van der Waals surface area contributed by atoms with E-state index in [9.17, 15) is 24.9 Å². The number of aromatic hydroxyl groups is 1. The second-order valence-electron chi connectivity index (χ2n) is 9.27. The summed E-state index contributed by atoms with van der Waals surface area (Å²) in [5.41, 5.74) is 2.84. The number of hydrogen-bond donors (Lipinski definition) is 6. The molecule has 204 valence electrons. The van der Waals surface area contributed by atoms with Gasteiger partial charge < -0.3 is 30.4 Å².